The number of hydrogen-bond acceptors (Lipinski definition) is 8. The fourth-order valence-corrected chi connectivity index (χ4v) is 7.27. The number of benzene rings is 4. The van der Waals surface area contributed by atoms with Crippen LogP contribution in [0.1, 0.15) is 11.1 Å². The fourth-order valence-electron chi connectivity index (χ4n) is 3.82. The number of anilines is 4. The van der Waals surface area contributed by atoms with Crippen LogP contribution in [0.3, 0.4) is 0 Å². The SMILES string of the molecule is Nc1ccc(NS(=O)(=O)Cc2ccc3c(c2)Sc2cc(CS(=O)(=O)Nc4ccc(N)cc4)ccc2O3)cc1. The first-order chi connectivity index (χ1) is 18.0. The van der Waals surface area contributed by atoms with Crippen LogP contribution in [0.4, 0.5) is 22.7 Å². The molecule has 196 valence electrons. The lowest BCUT2D eigenvalue weighted by Gasteiger charge is -2.21. The van der Waals surface area contributed by atoms with Gasteiger partial charge in [0.05, 0.1) is 21.3 Å². The van der Waals surface area contributed by atoms with E-state index < -0.39 is 20.0 Å². The summed E-state index contributed by atoms with van der Waals surface area (Å²) < 4.78 is 61.9. The second-order valence-electron chi connectivity index (χ2n) is 8.73. The maximum atomic E-state index is 12.7. The molecule has 0 amide bonds. The van der Waals surface area contributed by atoms with Gasteiger partial charge >= 0.3 is 0 Å². The summed E-state index contributed by atoms with van der Waals surface area (Å²) in [5.41, 5.74) is 14.4. The van der Waals surface area contributed by atoms with Crippen molar-refractivity contribution in [3.8, 4) is 11.5 Å². The zero-order valence-corrected chi connectivity index (χ0v) is 22.4. The molecule has 0 aliphatic carbocycles. The van der Waals surface area contributed by atoms with Crippen molar-refractivity contribution in [1.29, 1.82) is 0 Å². The minimum Gasteiger partial charge on any atom is -0.455 e. The highest BCUT2D eigenvalue weighted by molar-refractivity contribution is 7.99. The van der Waals surface area contributed by atoms with Gasteiger partial charge in [-0.25, -0.2) is 16.8 Å². The third kappa shape index (κ3) is 6.33. The van der Waals surface area contributed by atoms with Gasteiger partial charge in [-0.2, -0.15) is 0 Å². The van der Waals surface area contributed by atoms with E-state index in [1.165, 1.54) is 11.8 Å². The number of fused-ring (bicyclic) bond motifs is 2. The molecule has 1 aliphatic heterocycles. The van der Waals surface area contributed by atoms with Crippen molar-refractivity contribution in [2.45, 2.75) is 21.3 Å². The molecule has 5 rings (SSSR count). The topological polar surface area (TPSA) is 154 Å². The van der Waals surface area contributed by atoms with E-state index in [4.69, 9.17) is 16.2 Å². The van der Waals surface area contributed by atoms with E-state index in [0.717, 1.165) is 9.79 Å². The second-order valence-corrected chi connectivity index (χ2v) is 13.3. The molecule has 0 atom stereocenters. The highest BCUT2D eigenvalue weighted by Gasteiger charge is 2.22. The summed E-state index contributed by atoms with van der Waals surface area (Å²) >= 11 is 1.39. The summed E-state index contributed by atoms with van der Waals surface area (Å²) in [6.07, 6.45) is 0. The molecule has 0 radical (unpaired) electrons. The minimum atomic E-state index is -3.66. The van der Waals surface area contributed by atoms with E-state index in [9.17, 15) is 16.8 Å². The fraction of sp³-hybridized carbons (Fsp3) is 0.0769. The van der Waals surface area contributed by atoms with Gasteiger partial charge in [0.2, 0.25) is 20.0 Å². The van der Waals surface area contributed by atoms with Crippen molar-refractivity contribution in [3.63, 3.8) is 0 Å². The van der Waals surface area contributed by atoms with E-state index in [-0.39, 0.29) is 11.5 Å². The van der Waals surface area contributed by atoms with Gasteiger partial charge in [-0.1, -0.05) is 23.9 Å². The molecule has 0 fully saturated rings. The van der Waals surface area contributed by atoms with Crippen LogP contribution >= 0.6 is 11.8 Å². The zero-order valence-electron chi connectivity index (χ0n) is 19.9. The van der Waals surface area contributed by atoms with Crippen molar-refractivity contribution in [2.75, 3.05) is 20.9 Å². The third-order valence-corrected chi connectivity index (χ3v) is 9.14. The molecule has 9 nitrogen and oxygen atoms in total. The molecule has 38 heavy (non-hydrogen) atoms. The summed E-state index contributed by atoms with van der Waals surface area (Å²) in [7, 11) is -7.33. The number of rotatable bonds is 8. The lowest BCUT2D eigenvalue weighted by Crippen LogP contribution is -2.15. The van der Waals surface area contributed by atoms with Gasteiger partial charge in [0.1, 0.15) is 11.5 Å². The molecule has 6 N–H and O–H groups in total. The number of ether oxygens (including phenoxy) is 1. The van der Waals surface area contributed by atoms with E-state index >= 15 is 0 Å². The van der Waals surface area contributed by atoms with Crippen molar-refractivity contribution in [3.05, 3.63) is 96.1 Å². The Balaban J connectivity index is 1.29. The van der Waals surface area contributed by atoms with E-state index in [1.54, 1.807) is 84.9 Å². The average molecular weight is 569 g/mol. The average Bonchev–Trinajstić information content (AvgIpc) is 2.85. The molecule has 0 unspecified atom stereocenters. The molecule has 12 heteroatoms. The second kappa shape index (κ2) is 10.1. The van der Waals surface area contributed by atoms with Crippen LogP contribution < -0.4 is 25.6 Å². The largest absolute Gasteiger partial charge is 0.455 e. The molecule has 1 heterocycles. The first kappa shape index (κ1) is 25.8. The predicted octanol–water partition coefficient (Wildman–Crippen LogP) is 4.99. The molecule has 0 bridgehead atoms. The number of hydrogen-bond donors (Lipinski definition) is 4. The Hall–Kier alpha value is -3.87. The van der Waals surface area contributed by atoms with Gasteiger partial charge in [0, 0.05) is 22.7 Å². The number of nitrogens with two attached hydrogens (primary N) is 2. The van der Waals surface area contributed by atoms with Gasteiger partial charge in [-0.05, 0) is 83.9 Å². The quantitative estimate of drug-likeness (QED) is 0.191. The number of nitrogens with one attached hydrogen (secondary N) is 2. The highest BCUT2D eigenvalue weighted by atomic mass is 32.2. The molecule has 0 spiro atoms. The number of nitrogen functional groups attached to an aromatic ring is 2. The van der Waals surface area contributed by atoms with E-state index in [0.29, 0.717) is 45.4 Å². The van der Waals surface area contributed by atoms with Crippen molar-refractivity contribution >= 4 is 54.6 Å². The molecular formula is C26H24N4O5S3. The molecule has 1 aliphatic rings. The first-order valence-corrected chi connectivity index (χ1v) is 15.5. The Kier molecular flexibility index (Phi) is 6.86. The lowest BCUT2D eigenvalue weighted by atomic mass is 10.2. The van der Waals surface area contributed by atoms with Gasteiger partial charge < -0.3 is 16.2 Å². The minimum absolute atomic E-state index is 0.229. The van der Waals surface area contributed by atoms with Crippen molar-refractivity contribution < 1.29 is 21.6 Å². The smallest absolute Gasteiger partial charge is 0.236 e. The number of sulfonamides is 2. The van der Waals surface area contributed by atoms with E-state index in [1.807, 2.05) is 0 Å². The maximum Gasteiger partial charge on any atom is 0.236 e. The predicted molar refractivity (Wildman–Crippen MR) is 151 cm³/mol. The summed E-state index contributed by atoms with van der Waals surface area (Å²) in [5, 5.41) is 0. The van der Waals surface area contributed by atoms with Crippen molar-refractivity contribution in [2.24, 2.45) is 0 Å². The molecule has 0 saturated heterocycles. The van der Waals surface area contributed by atoms with Gasteiger partial charge in [0.15, 0.2) is 0 Å². The Morgan fingerprint density at radius 3 is 1.39 bits per heavy atom. The lowest BCUT2D eigenvalue weighted by molar-refractivity contribution is 0.454. The Labute approximate surface area is 225 Å². The highest BCUT2D eigenvalue weighted by Crippen LogP contribution is 2.47. The summed E-state index contributed by atoms with van der Waals surface area (Å²) in [4.78, 5) is 1.47. The monoisotopic (exact) mass is 568 g/mol. The Morgan fingerprint density at radius 2 is 1.00 bits per heavy atom. The summed E-state index contributed by atoms with van der Waals surface area (Å²) in [6.45, 7) is 0. The zero-order chi connectivity index (χ0) is 26.9. The van der Waals surface area contributed by atoms with Crippen LogP contribution in [0.5, 0.6) is 11.5 Å². The van der Waals surface area contributed by atoms with E-state index in [2.05, 4.69) is 9.44 Å². The van der Waals surface area contributed by atoms with Crippen LogP contribution in [0.25, 0.3) is 0 Å². The molecular weight excluding hydrogens is 545 g/mol. The van der Waals surface area contributed by atoms with Gasteiger partial charge in [0.25, 0.3) is 0 Å². The molecule has 0 aromatic heterocycles. The third-order valence-electron chi connectivity index (χ3n) is 5.54. The van der Waals surface area contributed by atoms with Gasteiger partial charge in [-0.3, -0.25) is 9.44 Å². The van der Waals surface area contributed by atoms with Crippen LogP contribution in [0.2, 0.25) is 0 Å². The standard InChI is InChI=1S/C26H24N4O5S3/c27-19-3-7-21(8-4-19)29-37(31,32)15-17-1-11-23-25(13-17)36-26-14-18(2-12-24(26)35-23)16-38(33,34)30-22-9-5-20(28)6-10-22/h1-14,29-30H,15-16,27-28H2. The van der Waals surface area contributed by atoms with Crippen LogP contribution in [-0.2, 0) is 31.6 Å². The molecule has 0 saturated carbocycles. The summed E-state index contributed by atoms with van der Waals surface area (Å²) in [5.74, 6) is 0.737. The first-order valence-electron chi connectivity index (χ1n) is 11.4. The molecule has 4 aromatic rings. The van der Waals surface area contributed by atoms with Crippen LogP contribution in [0, 0.1) is 0 Å². The maximum absolute atomic E-state index is 12.7. The van der Waals surface area contributed by atoms with Crippen LogP contribution in [-0.4, -0.2) is 16.8 Å². The van der Waals surface area contributed by atoms with Crippen molar-refractivity contribution in [1.82, 2.24) is 0 Å². The normalized spacial score (nSPS) is 12.6. The Morgan fingerprint density at radius 1 is 0.605 bits per heavy atom. The molecule has 4 aromatic carbocycles. The van der Waals surface area contributed by atoms with Gasteiger partial charge in [-0.15, -0.1) is 0 Å². The summed E-state index contributed by atoms with van der Waals surface area (Å²) in [6, 6.07) is 23.3. The van der Waals surface area contributed by atoms with Crippen LogP contribution in [0.15, 0.2) is 94.7 Å². The Bertz CT molecular complexity index is 1580.